The molecule has 0 saturated heterocycles. The highest BCUT2D eigenvalue weighted by Gasteiger charge is 2.18. The van der Waals surface area contributed by atoms with Gasteiger partial charge >= 0.3 is 6.09 Å². The van der Waals surface area contributed by atoms with Gasteiger partial charge in [0.25, 0.3) is 0 Å². The van der Waals surface area contributed by atoms with Gasteiger partial charge in [-0.2, -0.15) is 0 Å². The minimum atomic E-state index is -0.783. The Labute approximate surface area is 180 Å². The average Bonchev–Trinajstić information content (AvgIpc) is 2.68. The highest BCUT2D eigenvalue weighted by Crippen LogP contribution is 2.27. The van der Waals surface area contributed by atoms with Crippen LogP contribution in [-0.2, 0) is 16.1 Å². The third-order valence-electron chi connectivity index (χ3n) is 3.72. The Morgan fingerprint density at radius 1 is 1.14 bits per heavy atom. The van der Waals surface area contributed by atoms with Crippen molar-refractivity contribution in [3.05, 3.63) is 63.0 Å². The van der Waals surface area contributed by atoms with E-state index in [4.69, 9.17) is 9.47 Å². The van der Waals surface area contributed by atoms with Crippen LogP contribution >= 0.6 is 31.9 Å². The molecule has 2 aromatic carbocycles. The molecule has 2 rings (SSSR count). The maximum Gasteiger partial charge on any atom is 0.408 e. The molecule has 0 aliphatic rings. The summed E-state index contributed by atoms with van der Waals surface area (Å²) in [4.78, 5) is 24.4. The van der Waals surface area contributed by atoms with E-state index >= 15 is 0 Å². The summed E-state index contributed by atoms with van der Waals surface area (Å²) in [6.45, 7) is 1.71. The number of hydrogen-bond donors (Lipinski definition) is 2. The molecule has 0 radical (unpaired) electrons. The molecule has 6 nitrogen and oxygen atoms in total. The van der Waals surface area contributed by atoms with Crippen LogP contribution in [0.3, 0.4) is 0 Å². The topological polar surface area (TPSA) is 76.7 Å². The lowest BCUT2D eigenvalue weighted by molar-refractivity contribution is -0.117. The molecule has 2 aromatic rings. The van der Waals surface area contributed by atoms with Gasteiger partial charge in [-0.15, -0.1) is 0 Å². The zero-order chi connectivity index (χ0) is 20.5. The molecule has 0 unspecified atom stereocenters. The lowest BCUT2D eigenvalue weighted by Gasteiger charge is -2.16. The number of hydrogen-bond acceptors (Lipinski definition) is 4. The van der Waals surface area contributed by atoms with E-state index in [-0.39, 0.29) is 12.5 Å². The Morgan fingerprint density at radius 3 is 2.50 bits per heavy atom. The Balaban J connectivity index is 1.96. The first-order valence-electron chi connectivity index (χ1n) is 8.38. The largest absolute Gasteiger partial charge is 0.497 e. The lowest BCUT2D eigenvalue weighted by Crippen LogP contribution is -2.41. The molecule has 8 heteroatoms. The standard InChI is InChI=1S/C20H20Br2N2O4/c1-13(23-20(26)28-12-14-6-4-3-5-7-14)19(25)24-17-9-8-16(27-2)10-15(17)11-18(21)22/h3-11,13H,12H2,1-2H3,(H,23,26)(H,24,25)/t13-/m0/s1. The van der Waals surface area contributed by atoms with E-state index in [1.165, 1.54) is 0 Å². The third kappa shape index (κ3) is 7.01. The summed E-state index contributed by atoms with van der Waals surface area (Å²) >= 11 is 6.61. The predicted molar refractivity (Wildman–Crippen MR) is 117 cm³/mol. The van der Waals surface area contributed by atoms with Crippen LogP contribution in [0.25, 0.3) is 6.08 Å². The average molecular weight is 512 g/mol. The maximum absolute atomic E-state index is 12.5. The molecular formula is C20H20Br2N2O4. The lowest BCUT2D eigenvalue weighted by atomic mass is 10.1. The van der Waals surface area contributed by atoms with Crippen molar-refractivity contribution in [1.29, 1.82) is 0 Å². The summed E-state index contributed by atoms with van der Waals surface area (Å²) in [5, 5.41) is 5.32. The second kappa shape index (κ2) is 10.9. The van der Waals surface area contributed by atoms with E-state index in [0.29, 0.717) is 14.8 Å². The summed E-state index contributed by atoms with van der Waals surface area (Å²) in [5.41, 5.74) is 2.17. The molecule has 148 valence electrons. The van der Waals surface area contributed by atoms with Crippen LogP contribution in [0.2, 0.25) is 0 Å². The summed E-state index contributed by atoms with van der Waals surface area (Å²) in [6, 6.07) is 13.8. The van der Waals surface area contributed by atoms with Gasteiger partial charge < -0.3 is 20.1 Å². The molecule has 28 heavy (non-hydrogen) atoms. The van der Waals surface area contributed by atoms with Crippen molar-refractivity contribution in [1.82, 2.24) is 5.32 Å². The monoisotopic (exact) mass is 510 g/mol. The first-order valence-corrected chi connectivity index (χ1v) is 9.96. The van der Waals surface area contributed by atoms with Gasteiger partial charge in [-0.25, -0.2) is 4.79 Å². The number of anilines is 1. The normalized spacial score (nSPS) is 11.1. The molecule has 1 atom stereocenters. The van der Waals surface area contributed by atoms with Crippen molar-refractivity contribution >= 4 is 55.6 Å². The number of carbonyl (C=O) groups is 2. The van der Waals surface area contributed by atoms with E-state index < -0.39 is 12.1 Å². The maximum atomic E-state index is 12.5. The van der Waals surface area contributed by atoms with Gasteiger partial charge in [0.1, 0.15) is 18.4 Å². The van der Waals surface area contributed by atoms with Crippen LogP contribution in [0.5, 0.6) is 5.75 Å². The molecular weight excluding hydrogens is 492 g/mol. The molecule has 0 fully saturated rings. The van der Waals surface area contributed by atoms with Crippen molar-refractivity contribution in [3.63, 3.8) is 0 Å². The van der Waals surface area contributed by atoms with Gasteiger partial charge in [0.2, 0.25) is 5.91 Å². The van der Waals surface area contributed by atoms with Crippen LogP contribution in [0.1, 0.15) is 18.1 Å². The SMILES string of the molecule is COc1ccc(NC(=O)[C@H](C)NC(=O)OCc2ccccc2)c(C=C(Br)Br)c1. The number of alkyl carbamates (subject to hydrolysis) is 1. The van der Waals surface area contributed by atoms with Crippen LogP contribution in [0.4, 0.5) is 10.5 Å². The fourth-order valence-electron chi connectivity index (χ4n) is 2.27. The molecule has 0 bridgehead atoms. The van der Waals surface area contributed by atoms with Crippen molar-refractivity contribution < 1.29 is 19.1 Å². The second-order valence-electron chi connectivity index (χ2n) is 5.80. The van der Waals surface area contributed by atoms with Crippen LogP contribution in [0.15, 0.2) is 51.9 Å². The molecule has 2 amide bonds. The summed E-state index contributed by atoms with van der Waals surface area (Å²) in [7, 11) is 1.57. The van der Waals surface area contributed by atoms with Gasteiger partial charge in [0.15, 0.2) is 0 Å². The van der Waals surface area contributed by atoms with E-state index in [2.05, 4.69) is 42.5 Å². The number of amides is 2. The zero-order valence-corrected chi connectivity index (χ0v) is 18.5. The number of methoxy groups -OCH3 is 1. The van der Waals surface area contributed by atoms with E-state index in [1.54, 1.807) is 38.3 Å². The minimum absolute atomic E-state index is 0.133. The van der Waals surface area contributed by atoms with Crippen molar-refractivity contribution in [2.45, 2.75) is 19.6 Å². The quantitative estimate of drug-likeness (QED) is 0.546. The molecule has 0 saturated carbocycles. The highest BCUT2D eigenvalue weighted by molar-refractivity contribution is 9.28. The molecule has 0 heterocycles. The number of halogens is 2. The molecule has 0 aromatic heterocycles. The first kappa shape index (κ1) is 22.0. The number of carbonyl (C=O) groups excluding carboxylic acids is 2. The Bertz CT molecular complexity index is 853. The Hall–Kier alpha value is -2.32. The van der Waals surface area contributed by atoms with Crippen LogP contribution < -0.4 is 15.4 Å². The molecule has 0 aliphatic heterocycles. The summed E-state index contributed by atoms with van der Waals surface area (Å²) in [5.74, 6) is 0.281. The molecule has 2 N–H and O–H groups in total. The number of nitrogens with one attached hydrogen (secondary N) is 2. The Morgan fingerprint density at radius 2 is 1.86 bits per heavy atom. The van der Waals surface area contributed by atoms with Gasteiger partial charge in [0.05, 0.1) is 10.5 Å². The van der Waals surface area contributed by atoms with Crippen molar-refractivity contribution in [2.75, 3.05) is 12.4 Å². The number of ether oxygens (including phenoxy) is 2. The van der Waals surface area contributed by atoms with Gasteiger partial charge in [-0.3, -0.25) is 4.79 Å². The van der Waals surface area contributed by atoms with Crippen LogP contribution in [-0.4, -0.2) is 25.2 Å². The van der Waals surface area contributed by atoms with Crippen molar-refractivity contribution in [2.24, 2.45) is 0 Å². The van der Waals surface area contributed by atoms with E-state index in [1.807, 2.05) is 30.3 Å². The smallest absolute Gasteiger partial charge is 0.408 e. The summed E-state index contributed by atoms with van der Waals surface area (Å²) in [6.07, 6.45) is 1.12. The summed E-state index contributed by atoms with van der Waals surface area (Å²) < 4.78 is 11.1. The number of benzene rings is 2. The molecule has 0 aliphatic carbocycles. The highest BCUT2D eigenvalue weighted by atomic mass is 79.9. The third-order valence-corrected chi connectivity index (χ3v) is 4.18. The van der Waals surface area contributed by atoms with E-state index in [9.17, 15) is 9.59 Å². The van der Waals surface area contributed by atoms with E-state index in [0.717, 1.165) is 11.1 Å². The number of rotatable bonds is 7. The minimum Gasteiger partial charge on any atom is -0.497 e. The first-order chi connectivity index (χ1) is 13.4. The van der Waals surface area contributed by atoms with Gasteiger partial charge in [-0.05, 0) is 68.6 Å². The Kier molecular flexibility index (Phi) is 8.53. The fraction of sp³-hybridized carbons (Fsp3) is 0.200. The molecule has 0 spiro atoms. The fourth-order valence-corrected chi connectivity index (χ4v) is 2.76. The second-order valence-corrected chi connectivity index (χ2v) is 8.58. The predicted octanol–water partition coefficient (Wildman–Crippen LogP) is 5.04. The van der Waals surface area contributed by atoms with Crippen LogP contribution in [0, 0.1) is 0 Å². The van der Waals surface area contributed by atoms with Crippen molar-refractivity contribution in [3.8, 4) is 5.75 Å². The van der Waals surface area contributed by atoms with Gasteiger partial charge in [-0.1, -0.05) is 30.3 Å². The zero-order valence-electron chi connectivity index (χ0n) is 15.4. The van der Waals surface area contributed by atoms with Gasteiger partial charge in [0, 0.05) is 11.3 Å².